The van der Waals surface area contributed by atoms with E-state index < -0.39 is 10.1 Å². The van der Waals surface area contributed by atoms with Gasteiger partial charge in [-0.3, -0.25) is 0 Å². The Labute approximate surface area is 159 Å². The van der Waals surface area contributed by atoms with E-state index in [1.807, 2.05) is 30.3 Å². The zero-order valence-corrected chi connectivity index (χ0v) is 15.9. The van der Waals surface area contributed by atoms with E-state index in [1.54, 1.807) is 37.3 Å². The van der Waals surface area contributed by atoms with E-state index in [2.05, 4.69) is 0 Å². The summed E-state index contributed by atoms with van der Waals surface area (Å²) in [5, 5.41) is 0. The van der Waals surface area contributed by atoms with E-state index in [4.69, 9.17) is 13.7 Å². The van der Waals surface area contributed by atoms with Crippen LogP contribution in [-0.2, 0) is 16.7 Å². The smallest absolute Gasteiger partial charge is 0.339 e. The van der Waals surface area contributed by atoms with Crippen molar-refractivity contribution in [1.29, 1.82) is 0 Å². The Bertz CT molecular complexity index is 997. The number of rotatable bonds is 7. The van der Waals surface area contributed by atoms with Gasteiger partial charge in [-0.2, -0.15) is 8.42 Å². The van der Waals surface area contributed by atoms with Crippen LogP contribution in [0.15, 0.2) is 77.7 Å². The van der Waals surface area contributed by atoms with Crippen LogP contribution < -0.4 is 13.7 Å². The number of methoxy groups -OCH3 is 1. The van der Waals surface area contributed by atoms with Gasteiger partial charge in [0.05, 0.1) is 7.11 Å². The average Bonchev–Trinajstić information content (AvgIpc) is 2.68. The minimum absolute atomic E-state index is 0.0743. The van der Waals surface area contributed by atoms with Crippen LogP contribution in [0.3, 0.4) is 0 Å². The fraction of sp³-hybridized carbons (Fsp3) is 0.143. The van der Waals surface area contributed by atoms with Crippen LogP contribution in [0.2, 0.25) is 0 Å². The van der Waals surface area contributed by atoms with Crippen LogP contribution in [0.25, 0.3) is 0 Å². The van der Waals surface area contributed by atoms with Crippen molar-refractivity contribution in [2.24, 2.45) is 0 Å². The molecule has 0 aliphatic heterocycles. The normalized spacial score (nSPS) is 11.0. The minimum Gasteiger partial charge on any atom is -0.496 e. The molecule has 140 valence electrons. The van der Waals surface area contributed by atoms with Gasteiger partial charge in [-0.15, -0.1) is 0 Å². The second-order valence-corrected chi connectivity index (χ2v) is 7.46. The third-order valence-corrected chi connectivity index (χ3v) is 5.18. The Morgan fingerprint density at radius 3 is 2.15 bits per heavy atom. The highest BCUT2D eigenvalue weighted by Gasteiger charge is 2.18. The highest BCUT2D eigenvalue weighted by molar-refractivity contribution is 7.87. The molecular weight excluding hydrogens is 364 g/mol. The highest BCUT2D eigenvalue weighted by atomic mass is 32.2. The van der Waals surface area contributed by atoms with Crippen LogP contribution in [0.1, 0.15) is 11.1 Å². The van der Waals surface area contributed by atoms with Gasteiger partial charge in [-0.05, 0) is 60.5 Å². The van der Waals surface area contributed by atoms with Crippen molar-refractivity contribution in [2.45, 2.75) is 18.4 Å². The number of hydrogen-bond acceptors (Lipinski definition) is 5. The zero-order chi connectivity index (χ0) is 19.3. The SMILES string of the molecule is COc1ccc(S(=O)(=O)Oc2ccc(OCc3ccccc3)cc2)cc1C. The van der Waals surface area contributed by atoms with Crippen LogP contribution in [0, 0.1) is 6.92 Å². The van der Waals surface area contributed by atoms with Crippen molar-refractivity contribution in [1.82, 2.24) is 0 Å². The van der Waals surface area contributed by atoms with Gasteiger partial charge in [0.2, 0.25) is 0 Å². The minimum atomic E-state index is -3.93. The van der Waals surface area contributed by atoms with E-state index >= 15 is 0 Å². The third kappa shape index (κ3) is 4.80. The van der Waals surface area contributed by atoms with Gasteiger partial charge in [-0.25, -0.2) is 0 Å². The fourth-order valence-electron chi connectivity index (χ4n) is 2.51. The van der Waals surface area contributed by atoms with E-state index in [1.165, 1.54) is 19.2 Å². The first-order chi connectivity index (χ1) is 13.0. The Kier molecular flexibility index (Phi) is 5.66. The van der Waals surface area contributed by atoms with Gasteiger partial charge in [0.1, 0.15) is 28.8 Å². The van der Waals surface area contributed by atoms with Crippen molar-refractivity contribution in [2.75, 3.05) is 7.11 Å². The molecule has 27 heavy (non-hydrogen) atoms. The van der Waals surface area contributed by atoms with Crippen molar-refractivity contribution in [3.05, 3.63) is 83.9 Å². The Hall–Kier alpha value is -2.99. The monoisotopic (exact) mass is 384 g/mol. The standard InChI is InChI=1S/C21H20O5S/c1-16-14-20(12-13-21(16)24-2)27(22,23)26-19-10-8-18(9-11-19)25-15-17-6-4-3-5-7-17/h3-14H,15H2,1-2H3. The van der Waals surface area contributed by atoms with Gasteiger partial charge < -0.3 is 13.7 Å². The molecule has 0 amide bonds. The first-order valence-corrected chi connectivity index (χ1v) is 9.75. The number of aryl methyl sites for hydroxylation is 1. The topological polar surface area (TPSA) is 61.8 Å². The van der Waals surface area contributed by atoms with E-state index in [0.717, 1.165) is 5.56 Å². The molecule has 3 aromatic rings. The van der Waals surface area contributed by atoms with Gasteiger partial charge in [0.25, 0.3) is 0 Å². The van der Waals surface area contributed by atoms with Crippen molar-refractivity contribution >= 4 is 10.1 Å². The Balaban J connectivity index is 1.67. The molecule has 0 bridgehead atoms. The van der Waals surface area contributed by atoms with Crippen LogP contribution in [-0.4, -0.2) is 15.5 Å². The van der Waals surface area contributed by atoms with Gasteiger partial charge in [-0.1, -0.05) is 30.3 Å². The molecule has 0 saturated heterocycles. The Morgan fingerprint density at radius 2 is 1.52 bits per heavy atom. The van der Waals surface area contributed by atoms with Gasteiger partial charge >= 0.3 is 10.1 Å². The molecule has 0 atom stereocenters. The number of hydrogen-bond donors (Lipinski definition) is 0. The summed E-state index contributed by atoms with van der Waals surface area (Å²) in [6.07, 6.45) is 0. The number of ether oxygens (including phenoxy) is 2. The summed E-state index contributed by atoms with van der Waals surface area (Å²) in [6.45, 7) is 2.21. The molecular formula is C21H20O5S. The second-order valence-electron chi connectivity index (χ2n) is 5.91. The maximum atomic E-state index is 12.5. The van der Waals surface area contributed by atoms with Gasteiger partial charge in [0.15, 0.2) is 0 Å². The van der Waals surface area contributed by atoms with Crippen LogP contribution >= 0.6 is 0 Å². The maximum absolute atomic E-state index is 12.5. The molecule has 0 aliphatic carbocycles. The average molecular weight is 384 g/mol. The van der Waals surface area contributed by atoms with Gasteiger partial charge in [0, 0.05) is 0 Å². The maximum Gasteiger partial charge on any atom is 0.339 e. The zero-order valence-electron chi connectivity index (χ0n) is 15.1. The van der Waals surface area contributed by atoms with Crippen molar-refractivity contribution < 1.29 is 22.1 Å². The molecule has 0 unspecified atom stereocenters. The summed E-state index contributed by atoms with van der Waals surface area (Å²) in [5.41, 5.74) is 1.77. The molecule has 0 heterocycles. The third-order valence-electron chi connectivity index (χ3n) is 3.93. The molecule has 5 nitrogen and oxygen atoms in total. The van der Waals surface area contributed by atoms with Crippen molar-refractivity contribution in [3.63, 3.8) is 0 Å². The molecule has 3 aromatic carbocycles. The summed E-state index contributed by atoms with van der Waals surface area (Å²) in [7, 11) is -2.39. The molecule has 3 rings (SSSR count). The van der Waals surface area contributed by atoms with E-state index in [-0.39, 0.29) is 10.6 Å². The predicted octanol–water partition coefficient (Wildman–Crippen LogP) is 4.35. The molecule has 0 saturated carbocycles. The predicted molar refractivity (Wildman–Crippen MR) is 103 cm³/mol. The lowest BCUT2D eigenvalue weighted by Crippen LogP contribution is -2.10. The molecule has 0 radical (unpaired) electrons. The van der Waals surface area contributed by atoms with E-state index in [9.17, 15) is 8.42 Å². The lowest BCUT2D eigenvalue weighted by Gasteiger charge is -2.10. The molecule has 0 aliphatic rings. The van der Waals surface area contributed by atoms with E-state index in [0.29, 0.717) is 23.7 Å². The molecule has 0 N–H and O–H groups in total. The molecule has 0 aromatic heterocycles. The summed E-state index contributed by atoms with van der Waals surface area (Å²) >= 11 is 0. The lowest BCUT2D eigenvalue weighted by molar-refractivity contribution is 0.306. The quantitative estimate of drug-likeness (QED) is 0.567. The summed E-state index contributed by atoms with van der Waals surface area (Å²) in [6, 6.07) is 20.8. The largest absolute Gasteiger partial charge is 0.496 e. The fourth-order valence-corrected chi connectivity index (χ4v) is 3.53. The summed E-state index contributed by atoms with van der Waals surface area (Å²) in [5.74, 6) is 1.47. The van der Waals surface area contributed by atoms with Crippen LogP contribution in [0.4, 0.5) is 0 Å². The molecule has 0 fully saturated rings. The first-order valence-electron chi connectivity index (χ1n) is 8.34. The first kappa shape index (κ1) is 18.8. The lowest BCUT2D eigenvalue weighted by atomic mass is 10.2. The summed E-state index contributed by atoms with van der Waals surface area (Å²) in [4.78, 5) is 0.0743. The summed E-state index contributed by atoms with van der Waals surface area (Å²) < 4.78 is 41.0. The highest BCUT2D eigenvalue weighted by Crippen LogP contribution is 2.25. The molecule has 0 spiro atoms. The molecule has 6 heteroatoms. The second kappa shape index (κ2) is 8.14. The van der Waals surface area contributed by atoms with Crippen LogP contribution in [0.5, 0.6) is 17.2 Å². The van der Waals surface area contributed by atoms with Crippen molar-refractivity contribution in [3.8, 4) is 17.2 Å². The number of benzene rings is 3. The Morgan fingerprint density at radius 1 is 0.852 bits per heavy atom.